The average Bonchev–Trinajstić information content (AvgIpc) is 3.20. The minimum atomic E-state index is -0.506. The molecule has 3 aliphatic rings. The topological polar surface area (TPSA) is 56.8 Å². The van der Waals surface area contributed by atoms with E-state index in [1.165, 1.54) is 12.1 Å². The summed E-state index contributed by atoms with van der Waals surface area (Å²) in [6.45, 7) is 0.327. The lowest BCUT2D eigenvalue weighted by Crippen LogP contribution is -2.19. The summed E-state index contributed by atoms with van der Waals surface area (Å²) < 4.78 is 29.7. The van der Waals surface area contributed by atoms with Gasteiger partial charge in [-0.05, 0) is 29.3 Å². The van der Waals surface area contributed by atoms with Crippen molar-refractivity contribution >= 4 is 23.3 Å². The Morgan fingerprint density at radius 1 is 1.12 bits per heavy atom. The number of fused-ring (bicyclic) bond motifs is 2. The van der Waals surface area contributed by atoms with E-state index in [1.807, 2.05) is 12.1 Å². The van der Waals surface area contributed by atoms with E-state index in [-0.39, 0.29) is 18.4 Å². The maximum Gasteiger partial charge on any atom is 0.337 e. The smallest absolute Gasteiger partial charge is 0.337 e. The summed E-state index contributed by atoms with van der Waals surface area (Å²) in [5.74, 6) is -0.0795. The van der Waals surface area contributed by atoms with Crippen LogP contribution in [0.1, 0.15) is 17.0 Å². The first-order chi connectivity index (χ1) is 12.1. The molecule has 3 aliphatic heterocycles. The predicted molar refractivity (Wildman–Crippen MR) is 87.4 cm³/mol. The first-order valence-electron chi connectivity index (χ1n) is 7.67. The van der Waals surface area contributed by atoms with Crippen molar-refractivity contribution in [1.29, 1.82) is 0 Å². The van der Waals surface area contributed by atoms with E-state index >= 15 is 0 Å². The Labute approximate surface area is 146 Å². The van der Waals surface area contributed by atoms with Crippen molar-refractivity contribution in [2.75, 3.05) is 18.7 Å². The molecule has 5 rings (SSSR count). The molecule has 1 atom stereocenters. The fourth-order valence-corrected chi connectivity index (χ4v) is 3.66. The quantitative estimate of drug-likeness (QED) is 0.789. The van der Waals surface area contributed by atoms with Crippen LogP contribution in [0.25, 0.3) is 0 Å². The van der Waals surface area contributed by atoms with Crippen LogP contribution >= 0.6 is 11.6 Å². The number of nitrogens with one attached hydrogen (secondary N) is 1. The molecule has 1 N–H and O–H groups in total. The molecule has 1 unspecified atom stereocenters. The molecule has 7 heteroatoms. The maximum absolute atomic E-state index is 13.6. The third-order valence-electron chi connectivity index (χ3n) is 4.60. The van der Waals surface area contributed by atoms with E-state index < -0.39 is 17.7 Å². The molecule has 25 heavy (non-hydrogen) atoms. The van der Waals surface area contributed by atoms with Gasteiger partial charge in [0.25, 0.3) is 0 Å². The van der Waals surface area contributed by atoms with Crippen molar-refractivity contribution in [3.8, 4) is 11.5 Å². The van der Waals surface area contributed by atoms with Crippen LogP contribution in [0.4, 0.5) is 10.1 Å². The van der Waals surface area contributed by atoms with Crippen LogP contribution in [-0.2, 0) is 9.53 Å². The van der Waals surface area contributed by atoms with E-state index in [1.54, 1.807) is 6.07 Å². The first kappa shape index (κ1) is 14.6. The highest BCUT2D eigenvalue weighted by molar-refractivity contribution is 6.30. The molecule has 126 valence electrons. The fourth-order valence-electron chi connectivity index (χ4n) is 3.47. The van der Waals surface area contributed by atoms with Gasteiger partial charge in [0, 0.05) is 17.7 Å². The average molecular weight is 360 g/mol. The van der Waals surface area contributed by atoms with Gasteiger partial charge >= 0.3 is 5.97 Å². The second-order valence-corrected chi connectivity index (χ2v) is 6.40. The summed E-state index contributed by atoms with van der Waals surface area (Å²) in [5.41, 5.74) is 3.53. The molecule has 0 fully saturated rings. The van der Waals surface area contributed by atoms with Crippen molar-refractivity contribution in [2.45, 2.75) is 5.92 Å². The normalized spacial score (nSPS) is 20.1. The molecule has 0 spiro atoms. The van der Waals surface area contributed by atoms with Crippen LogP contribution in [0.3, 0.4) is 0 Å². The number of benzene rings is 2. The number of carbonyl (C=O) groups excluding carboxylic acids is 1. The summed E-state index contributed by atoms with van der Waals surface area (Å²) in [6, 6.07) is 8.14. The van der Waals surface area contributed by atoms with Gasteiger partial charge in [-0.2, -0.15) is 0 Å². The summed E-state index contributed by atoms with van der Waals surface area (Å²) in [7, 11) is 0. The van der Waals surface area contributed by atoms with Gasteiger partial charge in [0.2, 0.25) is 6.79 Å². The van der Waals surface area contributed by atoms with Crippen LogP contribution < -0.4 is 14.8 Å². The monoisotopic (exact) mass is 359 g/mol. The Bertz CT molecular complexity index is 972. The number of esters is 1. The van der Waals surface area contributed by atoms with Gasteiger partial charge in [-0.15, -0.1) is 0 Å². The van der Waals surface area contributed by atoms with Crippen LogP contribution in [0.15, 0.2) is 41.6 Å². The van der Waals surface area contributed by atoms with E-state index in [4.69, 9.17) is 25.8 Å². The Balaban J connectivity index is 1.74. The van der Waals surface area contributed by atoms with Gasteiger partial charge < -0.3 is 19.5 Å². The van der Waals surface area contributed by atoms with Crippen LogP contribution in [0, 0.1) is 5.82 Å². The number of hydrogen-bond donors (Lipinski definition) is 1. The third-order valence-corrected chi connectivity index (χ3v) is 4.89. The summed E-state index contributed by atoms with van der Waals surface area (Å²) >= 11 is 5.97. The Morgan fingerprint density at radius 3 is 2.72 bits per heavy atom. The SMILES string of the molecule is O=C1OCC2=C1C(c1ccc(F)c(Cl)c1)c1cc3c(cc1N2)OCO3. The molecule has 0 radical (unpaired) electrons. The minimum Gasteiger partial charge on any atom is -0.456 e. The minimum absolute atomic E-state index is 0.00633. The highest BCUT2D eigenvalue weighted by Crippen LogP contribution is 2.49. The fraction of sp³-hybridized carbons (Fsp3) is 0.167. The largest absolute Gasteiger partial charge is 0.456 e. The number of cyclic esters (lactones) is 1. The molecular weight excluding hydrogens is 349 g/mol. The summed E-state index contributed by atoms with van der Waals surface area (Å²) in [6.07, 6.45) is 0. The van der Waals surface area contributed by atoms with Crippen LogP contribution in [0.2, 0.25) is 5.02 Å². The van der Waals surface area contributed by atoms with E-state index in [0.29, 0.717) is 28.3 Å². The van der Waals surface area contributed by atoms with E-state index in [0.717, 1.165) is 11.3 Å². The number of ether oxygens (including phenoxy) is 3. The molecule has 2 aromatic rings. The number of anilines is 1. The molecule has 0 saturated heterocycles. The van der Waals surface area contributed by atoms with Gasteiger partial charge in [-0.25, -0.2) is 9.18 Å². The van der Waals surface area contributed by atoms with Crippen LogP contribution in [-0.4, -0.2) is 19.4 Å². The number of rotatable bonds is 1. The van der Waals surface area contributed by atoms with E-state index in [2.05, 4.69) is 5.32 Å². The number of hydrogen-bond acceptors (Lipinski definition) is 5. The standard InChI is InChI=1S/C18H11ClFNO4/c19-10-3-8(1-2-11(10)20)16-9-4-14-15(25-7-24-14)5-12(9)21-13-6-23-18(22)17(13)16/h1-5,16,21H,6-7H2. The van der Waals surface area contributed by atoms with Crippen molar-refractivity contribution in [1.82, 2.24) is 0 Å². The van der Waals surface area contributed by atoms with Crippen LogP contribution in [0.5, 0.6) is 11.5 Å². The van der Waals surface area contributed by atoms with Crippen molar-refractivity contribution in [3.05, 3.63) is 63.6 Å². The summed E-state index contributed by atoms with van der Waals surface area (Å²) in [5, 5.41) is 3.24. The van der Waals surface area contributed by atoms with Gasteiger partial charge in [-0.3, -0.25) is 0 Å². The lowest BCUT2D eigenvalue weighted by Gasteiger charge is -2.27. The molecule has 3 heterocycles. The molecule has 0 amide bonds. The lowest BCUT2D eigenvalue weighted by atomic mass is 9.81. The molecule has 0 saturated carbocycles. The van der Waals surface area contributed by atoms with Gasteiger partial charge in [0.1, 0.15) is 12.4 Å². The zero-order valence-electron chi connectivity index (χ0n) is 12.8. The number of halogens is 2. The molecular formula is C18H11ClFNO4. The Hall–Kier alpha value is -2.73. The highest BCUT2D eigenvalue weighted by atomic mass is 35.5. The Kier molecular flexibility index (Phi) is 3.00. The molecule has 0 aromatic heterocycles. The lowest BCUT2D eigenvalue weighted by molar-refractivity contribution is -0.136. The second kappa shape index (κ2) is 5.13. The van der Waals surface area contributed by atoms with E-state index in [9.17, 15) is 9.18 Å². The maximum atomic E-state index is 13.6. The zero-order valence-corrected chi connectivity index (χ0v) is 13.5. The van der Waals surface area contributed by atoms with Crippen molar-refractivity contribution in [2.24, 2.45) is 0 Å². The third kappa shape index (κ3) is 2.10. The van der Waals surface area contributed by atoms with Crippen molar-refractivity contribution in [3.63, 3.8) is 0 Å². The van der Waals surface area contributed by atoms with Gasteiger partial charge in [0.15, 0.2) is 11.5 Å². The zero-order chi connectivity index (χ0) is 17.1. The molecule has 5 nitrogen and oxygen atoms in total. The highest BCUT2D eigenvalue weighted by Gasteiger charge is 2.39. The Morgan fingerprint density at radius 2 is 1.92 bits per heavy atom. The molecule has 0 bridgehead atoms. The predicted octanol–water partition coefficient (Wildman–Crippen LogP) is 3.58. The van der Waals surface area contributed by atoms with Gasteiger partial charge in [0.05, 0.1) is 16.3 Å². The summed E-state index contributed by atoms with van der Waals surface area (Å²) in [4.78, 5) is 12.3. The van der Waals surface area contributed by atoms with Crippen molar-refractivity contribution < 1.29 is 23.4 Å². The molecule has 0 aliphatic carbocycles. The molecule has 2 aromatic carbocycles. The number of carbonyl (C=O) groups is 1. The van der Waals surface area contributed by atoms with Gasteiger partial charge in [-0.1, -0.05) is 17.7 Å². The first-order valence-corrected chi connectivity index (χ1v) is 8.05. The second-order valence-electron chi connectivity index (χ2n) is 5.99.